The lowest BCUT2D eigenvalue weighted by molar-refractivity contribution is -0.115. The molecule has 41 heavy (non-hydrogen) atoms. The van der Waals surface area contributed by atoms with Crippen LogP contribution in [0.4, 0.5) is 5.69 Å². The van der Waals surface area contributed by atoms with Crippen molar-refractivity contribution in [1.29, 1.82) is 0 Å². The van der Waals surface area contributed by atoms with Gasteiger partial charge in [-0.2, -0.15) is 0 Å². The SMILES string of the molecule is CN(C)CC[C@@H](NC(=O)C1=Nc2cc3c(nc2C1)CC[C@H](C(C)(C)C)C3)c1cccc(C(=O)N2CC3(CNC3)C2)c1. The first-order valence-electron chi connectivity index (χ1n) is 15.1. The van der Waals surface area contributed by atoms with E-state index in [-0.39, 0.29) is 28.7 Å². The maximum atomic E-state index is 13.6. The summed E-state index contributed by atoms with van der Waals surface area (Å²) in [6.45, 7) is 11.4. The summed E-state index contributed by atoms with van der Waals surface area (Å²) in [6.07, 6.45) is 4.36. The lowest BCUT2D eigenvalue weighted by Crippen LogP contribution is -2.71. The molecule has 0 radical (unpaired) electrons. The van der Waals surface area contributed by atoms with Gasteiger partial charge in [-0.15, -0.1) is 0 Å². The van der Waals surface area contributed by atoms with E-state index in [9.17, 15) is 9.59 Å². The van der Waals surface area contributed by atoms with Crippen LogP contribution in [0.1, 0.15) is 72.5 Å². The number of carbonyl (C=O) groups is 2. The Morgan fingerprint density at radius 1 is 1.17 bits per heavy atom. The van der Waals surface area contributed by atoms with Crippen molar-refractivity contribution in [2.45, 2.75) is 58.9 Å². The van der Waals surface area contributed by atoms with E-state index >= 15 is 0 Å². The molecule has 0 bridgehead atoms. The molecule has 1 aliphatic carbocycles. The zero-order chi connectivity index (χ0) is 28.9. The Morgan fingerprint density at radius 3 is 2.63 bits per heavy atom. The zero-order valence-corrected chi connectivity index (χ0v) is 25.2. The summed E-state index contributed by atoms with van der Waals surface area (Å²) in [5, 5.41) is 6.58. The van der Waals surface area contributed by atoms with E-state index in [0.717, 1.165) is 75.4 Å². The average Bonchev–Trinajstić information content (AvgIpc) is 3.30. The molecule has 218 valence electrons. The van der Waals surface area contributed by atoms with Gasteiger partial charge in [0.25, 0.3) is 11.8 Å². The molecule has 4 heterocycles. The number of hydrogen-bond acceptors (Lipinski definition) is 6. The van der Waals surface area contributed by atoms with Crippen LogP contribution in [0, 0.1) is 16.7 Å². The van der Waals surface area contributed by atoms with Crippen molar-refractivity contribution >= 4 is 23.2 Å². The van der Waals surface area contributed by atoms with Crippen molar-refractivity contribution in [3.05, 3.63) is 58.4 Å². The summed E-state index contributed by atoms with van der Waals surface area (Å²) >= 11 is 0. The maximum Gasteiger partial charge on any atom is 0.266 e. The van der Waals surface area contributed by atoms with Crippen LogP contribution in [0.25, 0.3) is 0 Å². The predicted octanol–water partition coefficient (Wildman–Crippen LogP) is 3.72. The number of aryl methyl sites for hydroxylation is 1. The van der Waals surface area contributed by atoms with Crippen LogP contribution < -0.4 is 10.6 Å². The number of benzene rings is 1. The first-order valence-corrected chi connectivity index (χ1v) is 15.1. The smallest absolute Gasteiger partial charge is 0.266 e. The Bertz CT molecular complexity index is 1380. The molecule has 2 amide bonds. The molecule has 1 aromatic carbocycles. The number of nitrogens with one attached hydrogen (secondary N) is 2. The first kappa shape index (κ1) is 28.0. The maximum absolute atomic E-state index is 13.6. The number of hydrogen-bond donors (Lipinski definition) is 2. The minimum absolute atomic E-state index is 0.0708. The molecular weight excluding hydrogens is 512 g/mol. The third kappa shape index (κ3) is 5.69. The Balaban J connectivity index is 1.17. The van der Waals surface area contributed by atoms with E-state index in [1.165, 1.54) is 11.3 Å². The van der Waals surface area contributed by atoms with Crippen molar-refractivity contribution in [1.82, 2.24) is 25.4 Å². The lowest BCUT2D eigenvalue weighted by Gasteiger charge is -2.56. The van der Waals surface area contributed by atoms with Gasteiger partial charge in [0.2, 0.25) is 0 Å². The number of aliphatic imine (C=N–C) groups is 1. The summed E-state index contributed by atoms with van der Waals surface area (Å²) < 4.78 is 0. The van der Waals surface area contributed by atoms with Crippen molar-refractivity contribution in [3.8, 4) is 0 Å². The van der Waals surface area contributed by atoms with Gasteiger partial charge in [-0.1, -0.05) is 32.9 Å². The van der Waals surface area contributed by atoms with Gasteiger partial charge < -0.3 is 20.4 Å². The van der Waals surface area contributed by atoms with Crippen LogP contribution in [-0.4, -0.2) is 79.1 Å². The molecule has 1 spiro atoms. The van der Waals surface area contributed by atoms with Crippen LogP contribution in [-0.2, 0) is 24.1 Å². The summed E-state index contributed by atoms with van der Waals surface area (Å²) in [5.41, 5.74) is 6.92. The minimum Gasteiger partial charge on any atom is -0.344 e. The highest BCUT2D eigenvalue weighted by molar-refractivity contribution is 6.40. The molecule has 3 aliphatic heterocycles. The van der Waals surface area contributed by atoms with Gasteiger partial charge in [-0.05, 0) is 87.0 Å². The second-order valence-corrected chi connectivity index (χ2v) is 14.1. The highest BCUT2D eigenvalue weighted by Crippen LogP contribution is 2.39. The molecule has 1 aromatic heterocycles. The molecule has 6 rings (SSSR count). The minimum atomic E-state index is -0.226. The van der Waals surface area contributed by atoms with Crippen LogP contribution in [0.5, 0.6) is 0 Å². The Hall–Kier alpha value is -3.10. The topological polar surface area (TPSA) is 89.9 Å². The molecule has 2 aromatic rings. The zero-order valence-electron chi connectivity index (χ0n) is 25.2. The van der Waals surface area contributed by atoms with Gasteiger partial charge >= 0.3 is 0 Å². The van der Waals surface area contributed by atoms with Gasteiger partial charge in [0, 0.05) is 49.3 Å². The number of amides is 2. The number of rotatable bonds is 7. The van der Waals surface area contributed by atoms with Crippen LogP contribution in [0.3, 0.4) is 0 Å². The molecule has 2 saturated heterocycles. The number of nitrogens with zero attached hydrogens (tertiary/aromatic N) is 4. The Kier molecular flexibility index (Phi) is 7.27. The van der Waals surface area contributed by atoms with Gasteiger partial charge in [-0.3, -0.25) is 14.6 Å². The van der Waals surface area contributed by atoms with Crippen LogP contribution in [0.2, 0.25) is 0 Å². The van der Waals surface area contributed by atoms with E-state index < -0.39 is 0 Å². The molecule has 0 unspecified atom stereocenters. The highest BCUT2D eigenvalue weighted by Gasteiger charge is 2.49. The summed E-state index contributed by atoms with van der Waals surface area (Å²) in [4.78, 5) is 40.6. The van der Waals surface area contributed by atoms with E-state index in [1.807, 2.05) is 43.3 Å². The molecule has 0 saturated carbocycles. The number of aromatic nitrogens is 1. The number of fused-ring (bicyclic) bond motifs is 2. The number of likely N-dealkylation sites (tertiary alicyclic amines) is 1. The number of carbonyl (C=O) groups excluding carboxylic acids is 2. The molecule has 8 heteroatoms. The fraction of sp³-hybridized carbons (Fsp3) is 0.576. The van der Waals surface area contributed by atoms with Crippen molar-refractivity contribution in [2.75, 3.05) is 46.8 Å². The van der Waals surface area contributed by atoms with Crippen molar-refractivity contribution in [3.63, 3.8) is 0 Å². The third-order valence-corrected chi connectivity index (χ3v) is 9.57. The van der Waals surface area contributed by atoms with Gasteiger partial charge in [-0.25, -0.2) is 4.99 Å². The van der Waals surface area contributed by atoms with Gasteiger partial charge in [0.05, 0.1) is 17.4 Å². The standard InChI is InChI=1S/C33H44N6O2/c1-32(2,3)24-9-10-25-23(14-24)15-27-28(35-25)16-29(36-27)30(40)37-26(11-12-38(4)5)21-7-6-8-22(13-21)31(41)39-19-33(20-39)17-34-18-33/h6-8,13,15,24,26,34H,9-12,14,16-20H2,1-5H3,(H,37,40)/t24-,26+/m0/s1. The fourth-order valence-corrected chi connectivity index (χ4v) is 6.77. The van der Waals surface area contributed by atoms with E-state index in [0.29, 0.717) is 23.6 Å². The highest BCUT2D eigenvalue weighted by atomic mass is 16.2. The molecule has 2 fully saturated rings. The second kappa shape index (κ2) is 10.6. The van der Waals surface area contributed by atoms with Crippen LogP contribution in [0.15, 0.2) is 35.3 Å². The van der Waals surface area contributed by atoms with Gasteiger partial charge in [0.15, 0.2) is 0 Å². The molecule has 8 nitrogen and oxygen atoms in total. The summed E-state index contributed by atoms with van der Waals surface area (Å²) in [7, 11) is 4.06. The van der Waals surface area contributed by atoms with Gasteiger partial charge in [0.1, 0.15) is 5.71 Å². The lowest BCUT2D eigenvalue weighted by atomic mass is 9.71. The fourth-order valence-electron chi connectivity index (χ4n) is 6.77. The van der Waals surface area contributed by atoms with Crippen molar-refractivity contribution in [2.24, 2.45) is 21.7 Å². The Morgan fingerprint density at radius 2 is 1.95 bits per heavy atom. The predicted molar refractivity (Wildman–Crippen MR) is 162 cm³/mol. The number of pyridine rings is 1. The average molecular weight is 557 g/mol. The molecule has 2 atom stereocenters. The first-order chi connectivity index (χ1) is 19.5. The van der Waals surface area contributed by atoms with E-state index in [1.54, 1.807) is 0 Å². The molecule has 4 aliphatic rings. The normalized spacial score (nSPS) is 21.5. The van der Waals surface area contributed by atoms with Crippen LogP contribution >= 0.6 is 0 Å². The van der Waals surface area contributed by atoms with Crippen molar-refractivity contribution < 1.29 is 9.59 Å². The molecular formula is C33H44N6O2. The summed E-state index contributed by atoms with van der Waals surface area (Å²) in [5.74, 6) is 0.540. The molecule has 2 N–H and O–H groups in total. The second-order valence-electron chi connectivity index (χ2n) is 14.1. The van der Waals surface area contributed by atoms with E-state index in [2.05, 4.69) is 42.4 Å². The quantitative estimate of drug-likeness (QED) is 0.543. The monoisotopic (exact) mass is 556 g/mol. The third-order valence-electron chi connectivity index (χ3n) is 9.57. The largest absolute Gasteiger partial charge is 0.344 e. The Labute approximate surface area is 244 Å². The summed E-state index contributed by atoms with van der Waals surface area (Å²) in [6, 6.07) is 9.73. The van der Waals surface area contributed by atoms with E-state index in [4.69, 9.17) is 9.98 Å².